The quantitative estimate of drug-likeness (QED) is 0.267. The second-order valence-corrected chi connectivity index (χ2v) is 1.98. The normalized spacial score (nSPS) is 8.93. The first kappa shape index (κ1) is 15.3. The van der Waals surface area contributed by atoms with Gasteiger partial charge in [-0.05, 0) is 5.46 Å². The van der Waals surface area contributed by atoms with Crippen molar-refractivity contribution < 1.29 is 31.4 Å². The number of halogens is 7. The van der Waals surface area contributed by atoms with Crippen molar-refractivity contribution in [2.24, 2.45) is 0 Å². The van der Waals surface area contributed by atoms with Gasteiger partial charge in [0.05, 0.1) is 0 Å². The lowest BCUT2D eigenvalue weighted by molar-refractivity contribution is 0.384. The first-order chi connectivity index (χ1) is 5.46. The highest BCUT2D eigenvalue weighted by molar-refractivity contribution is 6.32. The summed E-state index contributed by atoms with van der Waals surface area (Å²) in [6.45, 7) is 0. The molecule has 0 heterocycles. The minimum Gasteiger partial charge on any atom is -0.269 e. The Morgan fingerprint density at radius 2 is 0.786 bits per heavy atom. The molecule has 0 saturated heterocycles. The molecule has 0 fully saturated rings. The van der Waals surface area contributed by atoms with Gasteiger partial charge in [0, 0.05) is 0 Å². The van der Waals surface area contributed by atoms with Crippen molar-refractivity contribution in [3.05, 3.63) is 29.1 Å². The highest BCUT2D eigenvalue weighted by Gasteiger charge is 2.22. The van der Waals surface area contributed by atoms with Crippen LogP contribution in [0.3, 0.4) is 0 Å². The lowest BCUT2D eigenvalue weighted by Crippen LogP contribution is -2.20. The number of hydrogen-bond acceptors (Lipinski definition) is 0. The summed E-state index contributed by atoms with van der Waals surface area (Å²) < 4.78 is 61.1. The highest BCUT2D eigenvalue weighted by atomic mass is 19.2. The van der Waals surface area contributed by atoms with E-state index in [0.29, 0.717) is 0 Å². The van der Waals surface area contributed by atoms with Gasteiger partial charge in [-0.3, -0.25) is 9.41 Å². The predicted molar refractivity (Wildman–Crippen MR) is 36.6 cm³/mol. The van der Waals surface area contributed by atoms with Crippen LogP contribution in [0, 0.1) is 29.1 Å². The van der Waals surface area contributed by atoms with Gasteiger partial charge in [-0.15, -0.1) is 0 Å². The number of hydrogen-bond donors (Lipinski definition) is 0. The fraction of sp³-hybridized carbons (Fsp3) is 0. The van der Waals surface area contributed by atoms with Gasteiger partial charge in [0.2, 0.25) is 0 Å². The summed E-state index contributed by atoms with van der Waals surface area (Å²) in [5.41, 5.74) is -1.37. The molecule has 2 radical (unpaired) electrons. The molecule has 1 aromatic carbocycles. The van der Waals surface area contributed by atoms with Gasteiger partial charge < -0.3 is 0 Å². The first-order valence-corrected chi connectivity index (χ1v) is 2.73. The van der Waals surface area contributed by atoms with Crippen LogP contribution in [0.2, 0.25) is 0 Å². The summed E-state index contributed by atoms with van der Waals surface area (Å²) >= 11 is 0. The molecule has 0 unspecified atom stereocenters. The van der Waals surface area contributed by atoms with Crippen molar-refractivity contribution in [2.45, 2.75) is 0 Å². The van der Waals surface area contributed by atoms with Gasteiger partial charge in [-0.25, -0.2) is 22.0 Å². The third-order valence-electron chi connectivity index (χ3n) is 1.24. The molecule has 1 rings (SSSR count). The summed E-state index contributed by atoms with van der Waals surface area (Å²) in [5.74, 6) is -10.3. The van der Waals surface area contributed by atoms with Gasteiger partial charge in [0.1, 0.15) is 7.85 Å². The maximum absolute atomic E-state index is 12.3. The molecule has 1 aromatic rings. The second-order valence-electron chi connectivity index (χ2n) is 1.98. The summed E-state index contributed by atoms with van der Waals surface area (Å²) in [6, 6.07) is 0. The lowest BCUT2D eigenvalue weighted by Gasteiger charge is -2.02. The van der Waals surface area contributed by atoms with Gasteiger partial charge in [-0.1, -0.05) is 0 Å². The smallest absolute Gasteiger partial charge is 0.200 e. The Balaban J connectivity index is 0. The molecule has 0 atom stereocenters. The van der Waals surface area contributed by atoms with Crippen LogP contribution in [0.1, 0.15) is 0 Å². The maximum Gasteiger partial charge on any atom is 0.200 e. The van der Waals surface area contributed by atoms with Crippen LogP contribution in [0.4, 0.5) is 31.4 Å². The van der Waals surface area contributed by atoms with E-state index in [-0.39, 0.29) is 9.41 Å². The monoisotopic (exact) mass is 218 g/mol. The van der Waals surface area contributed by atoms with Crippen molar-refractivity contribution in [2.75, 3.05) is 0 Å². The number of rotatable bonds is 0. The topological polar surface area (TPSA) is 0 Å². The highest BCUT2D eigenvalue weighted by Crippen LogP contribution is 2.14. The van der Waals surface area contributed by atoms with E-state index in [4.69, 9.17) is 0 Å². The molecule has 0 aliphatic carbocycles. The first-order valence-electron chi connectivity index (χ1n) is 2.73. The molecule has 0 bridgehead atoms. The summed E-state index contributed by atoms with van der Waals surface area (Å²) in [5, 5.41) is 0. The molecule has 0 N–H and O–H groups in total. The molecule has 0 aliphatic heterocycles. The maximum atomic E-state index is 12.3. The lowest BCUT2D eigenvalue weighted by atomic mass is 9.94. The molecule has 0 spiro atoms. The minimum atomic E-state index is -2.21. The number of benzene rings is 1. The van der Waals surface area contributed by atoms with Crippen LogP contribution >= 0.6 is 0 Å². The Bertz CT molecular complexity index is 232. The molecule has 0 nitrogen and oxygen atoms in total. The van der Waals surface area contributed by atoms with E-state index >= 15 is 0 Å². The molecule has 78 valence electrons. The van der Waals surface area contributed by atoms with Crippen molar-refractivity contribution >= 4 is 13.3 Å². The summed E-state index contributed by atoms with van der Waals surface area (Å²) in [7, 11) is 4.56. The Kier molecular flexibility index (Phi) is 5.32. The van der Waals surface area contributed by atoms with Crippen molar-refractivity contribution in [3.63, 3.8) is 0 Å². The van der Waals surface area contributed by atoms with E-state index in [1.165, 1.54) is 0 Å². The molecule has 0 aliphatic rings. The van der Waals surface area contributed by atoms with Crippen molar-refractivity contribution in [3.8, 4) is 0 Å². The van der Waals surface area contributed by atoms with Crippen LogP contribution in [0.5, 0.6) is 0 Å². The van der Waals surface area contributed by atoms with E-state index < -0.39 is 34.5 Å². The molecular formula is C6H2BF7. The zero-order valence-corrected chi connectivity index (χ0v) is 6.28. The van der Waals surface area contributed by atoms with E-state index in [9.17, 15) is 22.0 Å². The van der Waals surface area contributed by atoms with E-state index in [1.807, 2.05) is 0 Å². The zero-order chi connectivity index (χ0) is 9.46. The van der Waals surface area contributed by atoms with Crippen molar-refractivity contribution in [1.82, 2.24) is 0 Å². The van der Waals surface area contributed by atoms with Gasteiger partial charge in [0.15, 0.2) is 29.1 Å². The fourth-order valence-corrected chi connectivity index (χ4v) is 0.622. The van der Waals surface area contributed by atoms with E-state index in [0.717, 1.165) is 0 Å². The second kappa shape index (κ2) is 4.87. The van der Waals surface area contributed by atoms with Crippen LogP contribution < -0.4 is 5.46 Å². The Hall–Kier alpha value is -1.21. The molecule has 0 aromatic heterocycles. The van der Waals surface area contributed by atoms with Crippen molar-refractivity contribution in [1.29, 1.82) is 0 Å². The zero-order valence-electron chi connectivity index (χ0n) is 6.28. The van der Waals surface area contributed by atoms with Crippen LogP contribution in [-0.4, -0.2) is 7.85 Å². The molecule has 8 heteroatoms. The van der Waals surface area contributed by atoms with E-state index in [2.05, 4.69) is 7.85 Å². The van der Waals surface area contributed by atoms with Gasteiger partial charge in [-0.2, -0.15) is 0 Å². The van der Waals surface area contributed by atoms with Crippen LogP contribution in [0.25, 0.3) is 0 Å². The van der Waals surface area contributed by atoms with Gasteiger partial charge in [0.25, 0.3) is 0 Å². The largest absolute Gasteiger partial charge is 0.269 e. The average molecular weight is 218 g/mol. The van der Waals surface area contributed by atoms with Gasteiger partial charge >= 0.3 is 0 Å². The molecule has 0 saturated carbocycles. The summed E-state index contributed by atoms with van der Waals surface area (Å²) in [6.07, 6.45) is 0. The average Bonchev–Trinajstić information content (AvgIpc) is 2.08. The third-order valence-corrected chi connectivity index (χ3v) is 1.24. The van der Waals surface area contributed by atoms with Crippen LogP contribution in [0.15, 0.2) is 0 Å². The molecule has 0 amide bonds. The Labute approximate surface area is 74.9 Å². The Morgan fingerprint density at radius 3 is 1.07 bits per heavy atom. The fourth-order valence-electron chi connectivity index (χ4n) is 0.622. The van der Waals surface area contributed by atoms with E-state index in [1.54, 1.807) is 0 Å². The summed E-state index contributed by atoms with van der Waals surface area (Å²) in [4.78, 5) is 0. The molecule has 14 heavy (non-hydrogen) atoms. The standard InChI is InChI=1S/C6BF5.2FH/c7-1-2(8)4(10)6(12)5(11)3(1)9;;/h;2*1H. The SMILES string of the molecule is F.F.[B]c1c(F)c(F)c(F)c(F)c1F. The van der Waals surface area contributed by atoms with Crippen LogP contribution in [-0.2, 0) is 0 Å². The third kappa shape index (κ3) is 1.99. The predicted octanol–water partition coefficient (Wildman–Crippen LogP) is 1.48. The Morgan fingerprint density at radius 1 is 0.571 bits per heavy atom. The molecular weight excluding hydrogens is 216 g/mol. The minimum absolute atomic E-state index is 0.